The lowest BCUT2D eigenvalue weighted by Crippen LogP contribution is -2.30. The highest BCUT2D eigenvalue weighted by atomic mass is 35.5. The molecule has 0 saturated carbocycles. The summed E-state index contributed by atoms with van der Waals surface area (Å²) >= 11 is 6.28. The molecule has 0 fully saturated rings. The number of carbonyl (C=O) groups excluding carboxylic acids is 2. The third-order valence-electron chi connectivity index (χ3n) is 5.78. The fraction of sp³-hybridized carbons (Fsp3) is 0.0741. The molecule has 3 aromatic carbocycles. The number of methoxy groups -OCH3 is 1. The number of para-hydroxylation sites is 1. The Morgan fingerprint density at radius 3 is 2.36 bits per heavy atom. The highest BCUT2D eigenvalue weighted by Crippen LogP contribution is 2.37. The van der Waals surface area contributed by atoms with E-state index in [0.29, 0.717) is 44.0 Å². The average molecular weight is 455 g/mol. The van der Waals surface area contributed by atoms with Gasteiger partial charge in [0.25, 0.3) is 11.8 Å². The molecule has 1 aliphatic rings. The number of fused-ring (bicyclic) bond motifs is 3. The van der Waals surface area contributed by atoms with E-state index in [0.717, 1.165) is 11.3 Å². The quantitative estimate of drug-likeness (QED) is 0.346. The summed E-state index contributed by atoms with van der Waals surface area (Å²) < 4.78 is 5.20. The topological polar surface area (TPSA) is 59.5 Å². The van der Waals surface area contributed by atoms with Gasteiger partial charge in [0.2, 0.25) is 0 Å². The SMILES string of the molecule is COc1ccc(/C=C/c2nc3ccccc3c3c2C(=O)N(c2cccc(Cl)c2C)C3=O)cc1. The zero-order valence-corrected chi connectivity index (χ0v) is 18.8. The second kappa shape index (κ2) is 8.19. The van der Waals surface area contributed by atoms with Crippen LogP contribution in [0, 0.1) is 6.92 Å². The molecule has 0 saturated heterocycles. The summed E-state index contributed by atoms with van der Waals surface area (Å²) in [4.78, 5) is 33.1. The highest BCUT2D eigenvalue weighted by Gasteiger charge is 2.41. The van der Waals surface area contributed by atoms with Crippen LogP contribution in [0.4, 0.5) is 5.69 Å². The fourth-order valence-electron chi connectivity index (χ4n) is 4.05. The Bertz CT molecular complexity index is 1460. The first-order valence-electron chi connectivity index (χ1n) is 10.4. The number of pyridine rings is 1. The van der Waals surface area contributed by atoms with E-state index in [2.05, 4.69) is 0 Å². The van der Waals surface area contributed by atoms with Crippen molar-refractivity contribution in [3.05, 3.63) is 99.7 Å². The van der Waals surface area contributed by atoms with Crippen LogP contribution in [0.3, 0.4) is 0 Å². The molecule has 5 rings (SSSR count). The number of ether oxygens (including phenoxy) is 1. The number of carbonyl (C=O) groups is 2. The average Bonchev–Trinajstić information content (AvgIpc) is 3.10. The summed E-state index contributed by atoms with van der Waals surface area (Å²) in [6.45, 7) is 1.79. The Balaban J connectivity index is 1.68. The summed E-state index contributed by atoms with van der Waals surface area (Å²) in [5, 5.41) is 1.14. The second-order valence-corrected chi connectivity index (χ2v) is 8.11. The highest BCUT2D eigenvalue weighted by molar-refractivity contribution is 6.39. The molecule has 0 atom stereocenters. The Kier molecular flexibility index (Phi) is 5.19. The maximum absolute atomic E-state index is 13.6. The number of nitrogens with zero attached hydrogens (tertiary/aromatic N) is 2. The Hall–Kier alpha value is -3.96. The number of hydrogen-bond donors (Lipinski definition) is 0. The Labute approximate surface area is 195 Å². The van der Waals surface area contributed by atoms with E-state index in [1.165, 1.54) is 4.90 Å². The van der Waals surface area contributed by atoms with Crippen molar-refractivity contribution in [1.82, 2.24) is 4.98 Å². The van der Waals surface area contributed by atoms with Gasteiger partial charge >= 0.3 is 0 Å². The molecule has 0 bridgehead atoms. The van der Waals surface area contributed by atoms with Gasteiger partial charge in [0.15, 0.2) is 0 Å². The lowest BCUT2D eigenvalue weighted by atomic mass is 10.0. The van der Waals surface area contributed by atoms with Crippen LogP contribution in [-0.4, -0.2) is 23.9 Å². The summed E-state index contributed by atoms with van der Waals surface area (Å²) in [7, 11) is 1.61. The van der Waals surface area contributed by atoms with Gasteiger partial charge in [-0.3, -0.25) is 9.59 Å². The van der Waals surface area contributed by atoms with Crippen LogP contribution in [-0.2, 0) is 0 Å². The van der Waals surface area contributed by atoms with Gasteiger partial charge in [-0.15, -0.1) is 0 Å². The number of anilines is 1. The molecule has 4 aromatic rings. The van der Waals surface area contributed by atoms with Gasteiger partial charge in [-0.1, -0.05) is 54.1 Å². The first-order valence-corrected chi connectivity index (χ1v) is 10.8. The minimum absolute atomic E-state index is 0.294. The van der Waals surface area contributed by atoms with Gasteiger partial charge in [-0.2, -0.15) is 0 Å². The smallest absolute Gasteiger partial charge is 0.268 e. The van der Waals surface area contributed by atoms with E-state index >= 15 is 0 Å². The molecule has 162 valence electrons. The summed E-state index contributed by atoms with van der Waals surface area (Å²) in [6, 6.07) is 20.1. The van der Waals surface area contributed by atoms with Crippen molar-refractivity contribution in [3.63, 3.8) is 0 Å². The van der Waals surface area contributed by atoms with Crippen molar-refractivity contribution in [2.75, 3.05) is 12.0 Å². The molecule has 2 amide bonds. The first kappa shape index (κ1) is 20.9. The standard InChI is InChI=1S/C27H19ClN2O3/c1-16-20(28)7-5-9-23(16)30-26(31)24-19-6-3-4-8-21(19)29-22(25(24)27(30)32)15-12-17-10-13-18(33-2)14-11-17/h3-15H,1-2H3/b15-12+. The minimum Gasteiger partial charge on any atom is -0.497 e. The van der Waals surface area contributed by atoms with E-state index in [9.17, 15) is 9.59 Å². The normalized spacial score (nSPS) is 13.2. The van der Waals surface area contributed by atoms with Crippen LogP contribution in [0.5, 0.6) is 5.75 Å². The molecule has 2 heterocycles. The van der Waals surface area contributed by atoms with E-state index in [4.69, 9.17) is 21.3 Å². The first-order chi connectivity index (χ1) is 16.0. The van der Waals surface area contributed by atoms with Gasteiger partial charge in [0.05, 0.1) is 35.1 Å². The molecule has 0 radical (unpaired) electrons. The van der Waals surface area contributed by atoms with Crippen molar-refractivity contribution >= 4 is 52.2 Å². The fourth-order valence-corrected chi connectivity index (χ4v) is 4.22. The third kappa shape index (κ3) is 3.47. The van der Waals surface area contributed by atoms with E-state index in [1.807, 2.05) is 54.6 Å². The van der Waals surface area contributed by atoms with E-state index < -0.39 is 5.91 Å². The molecular formula is C27H19ClN2O3. The number of hydrogen-bond acceptors (Lipinski definition) is 4. The molecule has 0 aliphatic carbocycles. The van der Waals surface area contributed by atoms with Gasteiger partial charge in [-0.05, 0) is 54.5 Å². The number of amides is 2. The van der Waals surface area contributed by atoms with Crippen LogP contribution < -0.4 is 9.64 Å². The maximum atomic E-state index is 13.6. The zero-order valence-electron chi connectivity index (χ0n) is 18.0. The van der Waals surface area contributed by atoms with Gasteiger partial charge in [0.1, 0.15) is 5.75 Å². The summed E-state index contributed by atoms with van der Waals surface area (Å²) in [6.07, 6.45) is 3.63. The van der Waals surface area contributed by atoms with Crippen molar-refractivity contribution in [1.29, 1.82) is 0 Å². The van der Waals surface area contributed by atoms with Crippen molar-refractivity contribution in [2.24, 2.45) is 0 Å². The number of rotatable bonds is 4. The number of aromatic nitrogens is 1. The van der Waals surface area contributed by atoms with Gasteiger partial charge in [-0.25, -0.2) is 9.88 Å². The Morgan fingerprint density at radius 1 is 0.879 bits per heavy atom. The number of halogens is 1. The molecule has 1 aliphatic heterocycles. The van der Waals surface area contributed by atoms with E-state index in [-0.39, 0.29) is 5.91 Å². The Morgan fingerprint density at radius 2 is 1.61 bits per heavy atom. The van der Waals surface area contributed by atoms with Gasteiger partial charge < -0.3 is 4.74 Å². The van der Waals surface area contributed by atoms with Crippen LogP contribution in [0.1, 0.15) is 37.5 Å². The number of imide groups is 1. The van der Waals surface area contributed by atoms with E-state index in [1.54, 1.807) is 38.3 Å². The molecular weight excluding hydrogens is 436 g/mol. The summed E-state index contributed by atoms with van der Waals surface area (Å²) in [5.41, 5.74) is 3.81. The molecule has 6 heteroatoms. The van der Waals surface area contributed by atoms with Crippen LogP contribution in [0.2, 0.25) is 5.02 Å². The van der Waals surface area contributed by atoms with Crippen molar-refractivity contribution < 1.29 is 14.3 Å². The monoisotopic (exact) mass is 454 g/mol. The second-order valence-electron chi connectivity index (χ2n) is 7.70. The van der Waals surface area contributed by atoms with Crippen LogP contribution in [0.25, 0.3) is 23.1 Å². The maximum Gasteiger partial charge on any atom is 0.268 e. The zero-order chi connectivity index (χ0) is 23.1. The largest absolute Gasteiger partial charge is 0.497 e. The van der Waals surface area contributed by atoms with Crippen LogP contribution in [0.15, 0.2) is 66.7 Å². The summed E-state index contributed by atoms with van der Waals surface area (Å²) in [5.74, 6) is -0.0313. The molecule has 0 spiro atoms. The predicted molar refractivity (Wildman–Crippen MR) is 131 cm³/mol. The number of benzene rings is 3. The lowest BCUT2D eigenvalue weighted by molar-refractivity contribution is 0.0926. The molecule has 0 N–H and O–H groups in total. The lowest BCUT2D eigenvalue weighted by Gasteiger charge is -2.17. The van der Waals surface area contributed by atoms with Crippen molar-refractivity contribution in [2.45, 2.75) is 6.92 Å². The molecule has 0 unspecified atom stereocenters. The molecule has 5 nitrogen and oxygen atoms in total. The third-order valence-corrected chi connectivity index (χ3v) is 6.19. The molecule has 33 heavy (non-hydrogen) atoms. The van der Waals surface area contributed by atoms with Gasteiger partial charge in [0, 0.05) is 10.4 Å². The van der Waals surface area contributed by atoms with Crippen LogP contribution >= 0.6 is 11.6 Å². The minimum atomic E-state index is -0.409. The molecule has 1 aromatic heterocycles. The van der Waals surface area contributed by atoms with Crippen molar-refractivity contribution in [3.8, 4) is 5.75 Å². The predicted octanol–water partition coefficient (Wildman–Crippen LogP) is 6.18.